The van der Waals surface area contributed by atoms with Gasteiger partial charge in [0.15, 0.2) is 0 Å². The monoisotopic (exact) mass is 433 g/mol. The van der Waals surface area contributed by atoms with Gasteiger partial charge in [-0.25, -0.2) is 0 Å². The molecular formula is C23H35N3O5. The highest BCUT2D eigenvalue weighted by Crippen LogP contribution is 2.26. The van der Waals surface area contributed by atoms with E-state index in [9.17, 15) is 14.4 Å². The molecule has 172 valence electrons. The highest BCUT2D eigenvalue weighted by molar-refractivity contribution is 5.99. The fraction of sp³-hybridized carbons (Fsp3) is 0.609. The van der Waals surface area contributed by atoms with Crippen LogP contribution >= 0.6 is 0 Å². The first-order valence-corrected chi connectivity index (χ1v) is 10.7. The Bertz CT molecular complexity index is 730. The fourth-order valence-corrected chi connectivity index (χ4v) is 3.54. The molecule has 31 heavy (non-hydrogen) atoms. The number of carbonyl (C=O) groups excluding carboxylic acids is 3. The summed E-state index contributed by atoms with van der Waals surface area (Å²) < 4.78 is 10.6. The van der Waals surface area contributed by atoms with E-state index in [0.29, 0.717) is 19.7 Å². The number of methoxy groups -OCH3 is 1. The number of nitrogens with zero attached hydrogens (tertiary/aromatic N) is 2. The summed E-state index contributed by atoms with van der Waals surface area (Å²) in [6.45, 7) is 10.1. The maximum absolute atomic E-state index is 12.3. The Morgan fingerprint density at radius 2 is 1.97 bits per heavy atom. The lowest BCUT2D eigenvalue weighted by Gasteiger charge is -2.26. The highest BCUT2D eigenvalue weighted by Gasteiger charge is 2.35. The van der Waals surface area contributed by atoms with E-state index < -0.39 is 5.92 Å². The fourth-order valence-electron chi connectivity index (χ4n) is 3.54. The van der Waals surface area contributed by atoms with Crippen molar-refractivity contribution >= 4 is 24.0 Å². The third kappa shape index (κ3) is 8.30. The van der Waals surface area contributed by atoms with Gasteiger partial charge in [-0.05, 0) is 44.9 Å². The van der Waals surface area contributed by atoms with Crippen LogP contribution in [0.15, 0.2) is 24.3 Å². The van der Waals surface area contributed by atoms with Gasteiger partial charge in [0.25, 0.3) is 0 Å². The number of esters is 1. The SMILES string of the molecule is COC(=O)C1CC(=O)N(c2ccc(CN(CCCNC=O)CCOC(C)(C)C)cc2)C1. The number of anilines is 1. The number of ether oxygens (including phenoxy) is 2. The van der Waals surface area contributed by atoms with E-state index in [4.69, 9.17) is 9.47 Å². The zero-order chi connectivity index (χ0) is 22.9. The molecule has 1 aliphatic rings. The third-order valence-corrected chi connectivity index (χ3v) is 5.14. The molecule has 1 unspecified atom stereocenters. The molecule has 0 spiro atoms. The van der Waals surface area contributed by atoms with Crippen molar-refractivity contribution in [2.24, 2.45) is 5.92 Å². The largest absolute Gasteiger partial charge is 0.469 e. The van der Waals surface area contributed by atoms with Crippen molar-refractivity contribution in [3.05, 3.63) is 29.8 Å². The second kappa shape index (κ2) is 11.8. The van der Waals surface area contributed by atoms with Crippen LogP contribution in [0.2, 0.25) is 0 Å². The minimum atomic E-state index is -0.407. The molecule has 0 bridgehead atoms. The van der Waals surface area contributed by atoms with Gasteiger partial charge in [-0.3, -0.25) is 19.3 Å². The van der Waals surface area contributed by atoms with Gasteiger partial charge in [0.05, 0.1) is 25.2 Å². The molecule has 0 saturated carbocycles. The minimum absolute atomic E-state index is 0.0632. The van der Waals surface area contributed by atoms with Crippen LogP contribution in [0.5, 0.6) is 0 Å². The van der Waals surface area contributed by atoms with Gasteiger partial charge in [0.2, 0.25) is 12.3 Å². The molecule has 1 aliphatic heterocycles. The maximum atomic E-state index is 12.3. The number of amides is 2. The minimum Gasteiger partial charge on any atom is -0.469 e. The Balaban J connectivity index is 1.96. The first-order valence-electron chi connectivity index (χ1n) is 10.7. The summed E-state index contributed by atoms with van der Waals surface area (Å²) in [6.07, 6.45) is 1.75. The zero-order valence-corrected chi connectivity index (χ0v) is 19.1. The number of rotatable bonds is 12. The Morgan fingerprint density at radius 1 is 1.26 bits per heavy atom. The summed E-state index contributed by atoms with van der Waals surface area (Å²) in [7, 11) is 1.34. The quantitative estimate of drug-likeness (QED) is 0.308. The normalized spacial score (nSPS) is 16.6. The number of nitrogens with one attached hydrogen (secondary N) is 1. The zero-order valence-electron chi connectivity index (χ0n) is 19.1. The Hall–Kier alpha value is -2.45. The lowest BCUT2D eigenvalue weighted by Crippen LogP contribution is -2.32. The first-order chi connectivity index (χ1) is 14.7. The van der Waals surface area contributed by atoms with Gasteiger partial charge in [0.1, 0.15) is 0 Å². The number of benzene rings is 1. The molecule has 2 rings (SSSR count). The van der Waals surface area contributed by atoms with Crippen LogP contribution in [0.4, 0.5) is 5.69 Å². The third-order valence-electron chi connectivity index (χ3n) is 5.14. The van der Waals surface area contributed by atoms with Crippen LogP contribution in [0.25, 0.3) is 0 Å². The summed E-state index contributed by atoms with van der Waals surface area (Å²) in [5.74, 6) is -0.813. The van der Waals surface area contributed by atoms with Crippen LogP contribution in [0.1, 0.15) is 39.2 Å². The van der Waals surface area contributed by atoms with Crippen molar-refractivity contribution in [2.45, 2.75) is 45.8 Å². The predicted molar refractivity (Wildman–Crippen MR) is 119 cm³/mol. The highest BCUT2D eigenvalue weighted by atomic mass is 16.5. The van der Waals surface area contributed by atoms with Gasteiger partial charge in [-0.15, -0.1) is 0 Å². The number of hydrogen-bond donors (Lipinski definition) is 1. The van der Waals surface area contributed by atoms with E-state index in [2.05, 4.69) is 10.2 Å². The average molecular weight is 434 g/mol. The second-order valence-corrected chi connectivity index (χ2v) is 8.76. The Kier molecular flexibility index (Phi) is 9.45. The summed E-state index contributed by atoms with van der Waals surface area (Å²) in [5, 5.41) is 2.70. The van der Waals surface area contributed by atoms with E-state index >= 15 is 0 Å². The van der Waals surface area contributed by atoms with Gasteiger partial charge in [-0.1, -0.05) is 12.1 Å². The molecule has 0 aromatic heterocycles. The molecule has 1 N–H and O–H groups in total. The van der Waals surface area contributed by atoms with Crippen molar-refractivity contribution in [3.63, 3.8) is 0 Å². The molecule has 1 saturated heterocycles. The summed E-state index contributed by atoms with van der Waals surface area (Å²) in [5.41, 5.74) is 1.73. The summed E-state index contributed by atoms with van der Waals surface area (Å²) >= 11 is 0. The van der Waals surface area contributed by atoms with Crippen molar-refractivity contribution in [3.8, 4) is 0 Å². The number of hydrogen-bond acceptors (Lipinski definition) is 6. The molecule has 0 radical (unpaired) electrons. The van der Waals surface area contributed by atoms with Crippen LogP contribution in [-0.4, -0.2) is 68.7 Å². The second-order valence-electron chi connectivity index (χ2n) is 8.76. The lowest BCUT2D eigenvalue weighted by molar-refractivity contribution is -0.145. The van der Waals surface area contributed by atoms with E-state index in [0.717, 1.165) is 43.7 Å². The van der Waals surface area contributed by atoms with Gasteiger partial charge in [0, 0.05) is 44.8 Å². The standard InChI is InChI=1S/C23H35N3O5/c1-23(2,3)31-13-12-25(11-5-10-24-17-27)15-18-6-8-20(9-7-18)26-16-19(14-21(26)28)22(29)30-4/h6-9,17,19H,5,10-16H2,1-4H3,(H,24,27). The molecule has 2 amide bonds. The topological polar surface area (TPSA) is 88.2 Å². The van der Waals surface area contributed by atoms with Crippen molar-refractivity contribution in [1.82, 2.24) is 10.2 Å². The van der Waals surface area contributed by atoms with Crippen LogP contribution in [0, 0.1) is 5.92 Å². The van der Waals surface area contributed by atoms with Gasteiger partial charge in [-0.2, -0.15) is 0 Å². The smallest absolute Gasteiger partial charge is 0.311 e. The van der Waals surface area contributed by atoms with E-state index in [1.54, 1.807) is 4.90 Å². The van der Waals surface area contributed by atoms with Crippen LogP contribution in [0.3, 0.4) is 0 Å². The molecule has 1 fully saturated rings. The van der Waals surface area contributed by atoms with Crippen LogP contribution in [-0.2, 0) is 30.4 Å². The van der Waals surface area contributed by atoms with E-state index in [1.165, 1.54) is 7.11 Å². The van der Waals surface area contributed by atoms with E-state index in [-0.39, 0.29) is 23.9 Å². The average Bonchev–Trinajstić information content (AvgIpc) is 3.11. The van der Waals surface area contributed by atoms with E-state index in [1.807, 2.05) is 45.0 Å². The van der Waals surface area contributed by atoms with Gasteiger partial charge < -0.3 is 19.7 Å². The molecule has 8 nitrogen and oxygen atoms in total. The van der Waals surface area contributed by atoms with Crippen molar-refractivity contribution < 1.29 is 23.9 Å². The molecule has 1 aromatic rings. The molecule has 1 atom stereocenters. The maximum Gasteiger partial charge on any atom is 0.311 e. The van der Waals surface area contributed by atoms with Crippen molar-refractivity contribution in [2.75, 3.05) is 44.8 Å². The number of carbonyl (C=O) groups is 3. The molecule has 8 heteroatoms. The molecular weight excluding hydrogens is 398 g/mol. The molecule has 1 heterocycles. The summed E-state index contributed by atoms with van der Waals surface area (Å²) in [6, 6.07) is 7.86. The Labute approximate surface area is 184 Å². The van der Waals surface area contributed by atoms with Crippen LogP contribution < -0.4 is 10.2 Å². The first kappa shape index (κ1) is 24.8. The predicted octanol–water partition coefficient (Wildman–Crippen LogP) is 1.97. The Morgan fingerprint density at radius 3 is 2.58 bits per heavy atom. The van der Waals surface area contributed by atoms with Crippen molar-refractivity contribution in [1.29, 1.82) is 0 Å². The molecule has 1 aromatic carbocycles. The summed E-state index contributed by atoms with van der Waals surface area (Å²) in [4.78, 5) is 38.5. The lowest BCUT2D eigenvalue weighted by atomic mass is 10.1. The van der Waals surface area contributed by atoms with Gasteiger partial charge >= 0.3 is 5.97 Å². The molecule has 0 aliphatic carbocycles.